The highest BCUT2D eigenvalue weighted by Crippen LogP contribution is 2.40. The molecule has 0 bridgehead atoms. The van der Waals surface area contributed by atoms with Crippen molar-refractivity contribution in [2.75, 3.05) is 13.7 Å². The first-order valence-electron chi connectivity index (χ1n) is 10.8. The fourth-order valence-electron chi connectivity index (χ4n) is 4.63. The Balaban J connectivity index is 1.63. The van der Waals surface area contributed by atoms with Crippen molar-refractivity contribution in [3.8, 4) is 11.5 Å². The average molecular weight is 517 g/mol. The zero-order valence-electron chi connectivity index (χ0n) is 18.5. The van der Waals surface area contributed by atoms with Gasteiger partial charge < -0.3 is 19.4 Å². The molecule has 0 aliphatic carbocycles. The Bertz CT molecular complexity index is 1390. The number of nitrogens with zero attached hydrogens (tertiary/aromatic N) is 1. The van der Waals surface area contributed by atoms with E-state index in [2.05, 4.69) is 9.72 Å². The molecule has 1 aliphatic rings. The van der Waals surface area contributed by atoms with Gasteiger partial charge in [-0.2, -0.15) is 8.78 Å². The summed E-state index contributed by atoms with van der Waals surface area (Å²) in [6.45, 7) is -2.49. The van der Waals surface area contributed by atoms with Crippen molar-refractivity contribution >= 4 is 40.0 Å². The molecule has 35 heavy (non-hydrogen) atoms. The van der Waals surface area contributed by atoms with E-state index in [-0.39, 0.29) is 11.7 Å². The number of ether oxygens (including phenoxy) is 2. The smallest absolute Gasteiger partial charge is 0.387 e. The minimum atomic E-state index is -2.92. The zero-order valence-corrected chi connectivity index (χ0v) is 20.0. The van der Waals surface area contributed by atoms with Gasteiger partial charge in [-0.25, -0.2) is 0 Å². The van der Waals surface area contributed by atoms with Gasteiger partial charge in [0, 0.05) is 38.8 Å². The first-order chi connectivity index (χ1) is 16.8. The van der Waals surface area contributed by atoms with Gasteiger partial charge >= 0.3 is 6.61 Å². The fraction of sp³-hybridized carbons (Fsp3) is 0.192. The molecule has 1 amide bonds. The van der Waals surface area contributed by atoms with Crippen LogP contribution >= 0.6 is 23.2 Å². The number of aromatic nitrogens is 1. The third kappa shape index (κ3) is 4.54. The van der Waals surface area contributed by atoms with Gasteiger partial charge in [-0.1, -0.05) is 35.3 Å². The number of benzene rings is 3. The summed E-state index contributed by atoms with van der Waals surface area (Å²) in [5.41, 5.74) is 3.95. The van der Waals surface area contributed by atoms with E-state index in [1.165, 1.54) is 12.1 Å². The molecule has 0 fully saturated rings. The number of H-pyrrole nitrogens is 1. The summed E-state index contributed by atoms with van der Waals surface area (Å²) in [7, 11) is 1.61. The number of carbonyl (C=O) groups excluding carboxylic acids is 1. The molecule has 0 spiro atoms. The van der Waals surface area contributed by atoms with Crippen molar-refractivity contribution in [3.05, 3.63) is 93.1 Å². The van der Waals surface area contributed by atoms with Crippen molar-refractivity contribution in [3.63, 3.8) is 0 Å². The second-order valence-electron chi connectivity index (χ2n) is 8.19. The molecule has 1 N–H and O–H groups in total. The normalized spacial score (nSPS) is 15.4. The van der Waals surface area contributed by atoms with Crippen LogP contribution in [0.1, 0.15) is 33.2 Å². The molecule has 1 aliphatic heterocycles. The number of fused-ring (bicyclic) bond motifs is 3. The molecule has 1 atom stereocenters. The predicted molar refractivity (Wildman–Crippen MR) is 131 cm³/mol. The third-order valence-electron chi connectivity index (χ3n) is 6.13. The van der Waals surface area contributed by atoms with E-state index in [4.69, 9.17) is 27.9 Å². The Morgan fingerprint density at radius 2 is 1.71 bits per heavy atom. The summed E-state index contributed by atoms with van der Waals surface area (Å²) in [5.74, 6) is 0.534. The van der Waals surface area contributed by atoms with Crippen molar-refractivity contribution in [2.24, 2.45) is 0 Å². The number of rotatable bonds is 5. The highest BCUT2D eigenvalue weighted by atomic mass is 35.5. The van der Waals surface area contributed by atoms with Crippen LogP contribution in [0.25, 0.3) is 10.9 Å². The fourth-order valence-corrected chi connectivity index (χ4v) is 5.16. The van der Waals surface area contributed by atoms with Gasteiger partial charge in [0.1, 0.15) is 11.5 Å². The van der Waals surface area contributed by atoms with Crippen LogP contribution in [0.4, 0.5) is 8.78 Å². The molecule has 1 aromatic heterocycles. The predicted octanol–water partition coefficient (Wildman–Crippen LogP) is 6.87. The maximum Gasteiger partial charge on any atom is 0.387 e. The Kier molecular flexibility index (Phi) is 6.30. The monoisotopic (exact) mass is 516 g/mol. The molecule has 4 aromatic rings. The van der Waals surface area contributed by atoms with Crippen molar-refractivity contribution in [1.82, 2.24) is 9.88 Å². The van der Waals surface area contributed by atoms with Crippen LogP contribution in [-0.4, -0.2) is 36.1 Å². The van der Waals surface area contributed by atoms with Crippen LogP contribution in [0.2, 0.25) is 10.0 Å². The summed E-state index contributed by atoms with van der Waals surface area (Å²) >= 11 is 12.3. The van der Waals surface area contributed by atoms with E-state index in [9.17, 15) is 13.6 Å². The topological polar surface area (TPSA) is 54.6 Å². The SMILES string of the molecule is COc1ccc2[nH]c3c(c2c1)CCN(C(=O)c1cc(Cl)cc(Cl)c1)C3c1ccc(OC(F)F)cc1. The van der Waals surface area contributed by atoms with Gasteiger partial charge in [-0.05, 0) is 66.1 Å². The quantitative estimate of drug-likeness (QED) is 0.314. The lowest BCUT2D eigenvalue weighted by atomic mass is 9.91. The number of nitrogens with one attached hydrogen (secondary N) is 1. The maximum absolute atomic E-state index is 13.7. The molecular weight excluding hydrogens is 497 g/mol. The van der Waals surface area contributed by atoms with E-state index in [1.54, 1.807) is 42.3 Å². The number of alkyl halides is 2. The van der Waals surface area contributed by atoms with E-state index < -0.39 is 12.7 Å². The van der Waals surface area contributed by atoms with Gasteiger partial charge in [0.25, 0.3) is 5.91 Å². The van der Waals surface area contributed by atoms with Crippen LogP contribution in [-0.2, 0) is 6.42 Å². The highest BCUT2D eigenvalue weighted by Gasteiger charge is 2.35. The first kappa shape index (κ1) is 23.5. The number of hydrogen-bond acceptors (Lipinski definition) is 3. The van der Waals surface area contributed by atoms with Crippen LogP contribution in [0.5, 0.6) is 11.5 Å². The summed E-state index contributed by atoms with van der Waals surface area (Å²) in [6.07, 6.45) is 0.617. The maximum atomic E-state index is 13.7. The minimum Gasteiger partial charge on any atom is -0.497 e. The van der Waals surface area contributed by atoms with Crippen molar-refractivity contribution in [2.45, 2.75) is 19.1 Å². The Labute approximate surface area is 210 Å². The average Bonchev–Trinajstić information content (AvgIpc) is 3.20. The molecule has 2 heterocycles. The standard InChI is InChI=1S/C26H20Cl2F2N2O3/c1-34-19-6-7-22-21(13-19)20-8-9-32(25(33)15-10-16(27)12-17(28)11-15)24(23(20)31-22)14-2-4-18(5-3-14)35-26(29)30/h2-7,10-13,24,26,31H,8-9H2,1H3. The number of amides is 1. The number of carbonyl (C=O) groups is 1. The van der Waals surface area contributed by atoms with Crippen LogP contribution in [0, 0.1) is 0 Å². The second kappa shape index (κ2) is 9.40. The number of hydrogen-bond donors (Lipinski definition) is 1. The van der Waals surface area contributed by atoms with Gasteiger partial charge in [0.2, 0.25) is 0 Å². The van der Waals surface area contributed by atoms with E-state index >= 15 is 0 Å². The van der Waals surface area contributed by atoms with Crippen LogP contribution in [0.3, 0.4) is 0 Å². The molecule has 5 nitrogen and oxygen atoms in total. The highest BCUT2D eigenvalue weighted by molar-refractivity contribution is 6.35. The first-order valence-corrected chi connectivity index (χ1v) is 11.6. The largest absolute Gasteiger partial charge is 0.497 e. The van der Waals surface area contributed by atoms with Gasteiger partial charge in [0.15, 0.2) is 0 Å². The Morgan fingerprint density at radius 3 is 2.37 bits per heavy atom. The third-order valence-corrected chi connectivity index (χ3v) is 6.56. The molecule has 0 radical (unpaired) electrons. The minimum absolute atomic E-state index is 0.0423. The summed E-state index contributed by atoms with van der Waals surface area (Å²) in [5, 5.41) is 1.74. The van der Waals surface area contributed by atoms with E-state index in [1.807, 2.05) is 18.2 Å². The Hall–Kier alpha value is -3.29. The lowest BCUT2D eigenvalue weighted by molar-refractivity contribution is -0.0498. The second-order valence-corrected chi connectivity index (χ2v) is 9.06. The van der Waals surface area contributed by atoms with E-state index in [0.717, 1.165) is 33.5 Å². The molecule has 0 saturated heterocycles. The van der Waals surface area contributed by atoms with Gasteiger partial charge in [-0.3, -0.25) is 4.79 Å². The van der Waals surface area contributed by atoms with E-state index in [0.29, 0.717) is 28.6 Å². The summed E-state index contributed by atoms with van der Waals surface area (Å²) in [6, 6.07) is 16.3. The van der Waals surface area contributed by atoms with Crippen molar-refractivity contribution < 1.29 is 23.0 Å². The lowest BCUT2D eigenvalue weighted by Crippen LogP contribution is -2.40. The van der Waals surface area contributed by atoms with Crippen LogP contribution in [0.15, 0.2) is 60.7 Å². The van der Waals surface area contributed by atoms with Crippen LogP contribution < -0.4 is 9.47 Å². The zero-order chi connectivity index (χ0) is 24.7. The molecule has 5 rings (SSSR count). The molecular formula is C26H20Cl2F2N2O3. The summed E-state index contributed by atoms with van der Waals surface area (Å²) < 4.78 is 35.2. The molecule has 180 valence electrons. The Morgan fingerprint density at radius 1 is 1.03 bits per heavy atom. The van der Waals surface area contributed by atoms with Gasteiger partial charge in [-0.15, -0.1) is 0 Å². The summed E-state index contributed by atoms with van der Waals surface area (Å²) in [4.78, 5) is 18.9. The van der Waals surface area contributed by atoms with Gasteiger partial charge in [0.05, 0.1) is 13.2 Å². The lowest BCUT2D eigenvalue weighted by Gasteiger charge is -2.36. The molecule has 0 saturated carbocycles. The van der Waals surface area contributed by atoms with Crippen molar-refractivity contribution in [1.29, 1.82) is 0 Å². The number of halogens is 4. The molecule has 1 unspecified atom stereocenters. The number of methoxy groups -OCH3 is 1. The molecule has 9 heteroatoms. The molecule has 3 aromatic carbocycles. The number of aromatic amines is 1.